The summed E-state index contributed by atoms with van der Waals surface area (Å²) in [6.07, 6.45) is 3.94. The molecule has 130 valence electrons. The van der Waals surface area contributed by atoms with Crippen LogP contribution in [0.3, 0.4) is 0 Å². The number of aromatic nitrogens is 5. The van der Waals surface area contributed by atoms with Crippen molar-refractivity contribution in [2.24, 2.45) is 0 Å². The Kier molecular flexibility index (Phi) is 4.91. The predicted molar refractivity (Wildman–Crippen MR) is 90.4 cm³/mol. The largest absolute Gasteiger partial charge is 0.371 e. The van der Waals surface area contributed by atoms with Gasteiger partial charge in [0, 0.05) is 45.5 Å². The van der Waals surface area contributed by atoms with E-state index in [0.29, 0.717) is 24.9 Å². The molecule has 2 aromatic rings. The van der Waals surface area contributed by atoms with E-state index in [-0.39, 0.29) is 12.1 Å². The average Bonchev–Trinajstić information content (AvgIpc) is 3.03. The van der Waals surface area contributed by atoms with E-state index in [1.54, 1.807) is 0 Å². The summed E-state index contributed by atoms with van der Waals surface area (Å²) in [7, 11) is 3.77. The molecule has 1 aliphatic rings. The van der Waals surface area contributed by atoms with E-state index in [9.17, 15) is 0 Å². The zero-order chi connectivity index (χ0) is 17.1. The van der Waals surface area contributed by atoms with E-state index in [1.807, 2.05) is 36.1 Å². The lowest BCUT2D eigenvalue weighted by Gasteiger charge is -2.32. The van der Waals surface area contributed by atoms with Gasteiger partial charge in [-0.05, 0) is 6.92 Å². The number of nitrogens with zero attached hydrogens (tertiary/aromatic N) is 7. The van der Waals surface area contributed by atoms with Gasteiger partial charge < -0.3 is 15.4 Å². The Labute approximate surface area is 141 Å². The summed E-state index contributed by atoms with van der Waals surface area (Å²) in [4.78, 5) is 16.9. The minimum atomic E-state index is 0.0200. The van der Waals surface area contributed by atoms with Gasteiger partial charge in [-0.25, -0.2) is 0 Å². The fourth-order valence-corrected chi connectivity index (χ4v) is 2.66. The minimum Gasteiger partial charge on any atom is -0.371 e. The maximum Gasteiger partial charge on any atom is 0.229 e. The van der Waals surface area contributed by atoms with Crippen LogP contribution in [0.15, 0.2) is 12.4 Å². The molecule has 0 aliphatic carbocycles. The Morgan fingerprint density at radius 1 is 1.33 bits per heavy atom. The van der Waals surface area contributed by atoms with Gasteiger partial charge in [-0.3, -0.25) is 9.58 Å². The van der Waals surface area contributed by atoms with Crippen molar-refractivity contribution >= 4 is 11.9 Å². The highest BCUT2D eigenvalue weighted by Gasteiger charge is 2.24. The van der Waals surface area contributed by atoms with E-state index in [0.717, 1.165) is 25.2 Å². The van der Waals surface area contributed by atoms with Crippen molar-refractivity contribution in [3.63, 3.8) is 0 Å². The van der Waals surface area contributed by atoms with Crippen LogP contribution in [0.1, 0.15) is 24.4 Å². The highest BCUT2D eigenvalue weighted by molar-refractivity contribution is 5.32. The molecular formula is C15H24N8O. The lowest BCUT2D eigenvalue weighted by Crippen LogP contribution is -2.38. The number of rotatable bonds is 5. The van der Waals surface area contributed by atoms with Crippen molar-refractivity contribution in [1.29, 1.82) is 0 Å². The molecule has 2 N–H and O–H groups in total. The first-order valence-electron chi connectivity index (χ1n) is 8.09. The molecule has 1 unspecified atom stereocenters. The summed E-state index contributed by atoms with van der Waals surface area (Å²) in [5.74, 6) is 1.50. The normalized spacial score (nSPS) is 18.7. The van der Waals surface area contributed by atoms with Crippen LogP contribution in [0, 0.1) is 0 Å². The third-order valence-electron chi connectivity index (χ3n) is 3.95. The summed E-state index contributed by atoms with van der Waals surface area (Å²) < 4.78 is 7.80. The van der Waals surface area contributed by atoms with Crippen LogP contribution in [0.4, 0.5) is 11.9 Å². The van der Waals surface area contributed by atoms with E-state index < -0.39 is 0 Å². The average molecular weight is 332 g/mol. The Bertz CT molecular complexity index is 686. The molecule has 3 heterocycles. The topological polar surface area (TPSA) is 98.2 Å². The van der Waals surface area contributed by atoms with Crippen LogP contribution in [0.25, 0.3) is 0 Å². The SMILES string of the molecule is CCn1cc(C2CN(Cc3nc(N)nc(N(C)C)n3)CCO2)cn1. The van der Waals surface area contributed by atoms with E-state index in [2.05, 4.69) is 31.9 Å². The smallest absolute Gasteiger partial charge is 0.229 e. The number of hydrogen-bond donors (Lipinski definition) is 1. The van der Waals surface area contributed by atoms with Crippen LogP contribution in [-0.4, -0.2) is 63.4 Å². The molecule has 1 atom stereocenters. The number of morpholine rings is 1. The monoisotopic (exact) mass is 332 g/mol. The van der Waals surface area contributed by atoms with Crippen molar-refractivity contribution in [2.45, 2.75) is 26.1 Å². The quantitative estimate of drug-likeness (QED) is 0.835. The number of anilines is 2. The second-order valence-corrected chi connectivity index (χ2v) is 6.03. The third-order valence-corrected chi connectivity index (χ3v) is 3.95. The van der Waals surface area contributed by atoms with Crippen molar-refractivity contribution in [3.05, 3.63) is 23.8 Å². The molecule has 1 aliphatic heterocycles. The van der Waals surface area contributed by atoms with Gasteiger partial charge in [0.05, 0.1) is 25.5 Å². The van der Waals surface area contributed by atoms with Gasteiger partial charge in [-0.2, -0.15) is 20.1 Å². The molecule has 0 saturated carbocycles. The second-order valence-electron chi connectivity index (χ2n) is 6.03. The highest BCUT2D eigenvalue weighted by Crippen LogP contribution is 2.22. The first kappa shape index (κ1) is 16.6. The lowest BCUT2D eigenvalue weighted by molar-refractivity contribution is -0.0337. The molecule has 1 saturated heterocycles. The summed E-state index contributed by atoms with van der Waals surface area (Å²) in [5.41, 5.74) is 6.90. The fourth-order valence-electron chi connectivity index (χ4n) is 2.66. The minimum absolute atomic E-state index is 0.0200. The van der Waals surface area contributed by atoms with E-state index in [1.165, 1.54) is 0 Å². The van der Waals surface area contributed by atoms with Gasteiger partial charge in [-0.15, -0.1) is 0 Å². The second kappa shape index (κ2) is 7.10. The predicted octanol–water partition coefficient (Wildman–Crippen LogP) is 0.310. The van der Waals surface area contributed by atoms with Crippen LogP contribution in [0.5, 0.6) is 0 Å². The number of aryl methyl sites for hydroxylation is 1. The Morgan fingerprint density at radius 2 is 2.17 bits per heavy atom. The number of hydrogen-bond acceptors (Lipinski definition) is 8. The molecule has 0 radical (unpaired) electrons. The zero-order valence-electron chi connectivity index (χ0n) is 14.4. The van der Waals surface area contributed by atoms with Gasteiger partial charge in [0.25, 0.3) is 0 Å². The summed E-state index contributed by atoms with van der Waals surface area (Å²) in [5, 5.41) is 4.32. The van der Waals surface area contributed by atoms with E-state index >= 15 is 0 Å². The zero-order valence-corrected chi connectivity index (χ0v) is 14.4. The van der Waals surface area contributed by atoms with Crippen molar-refractivity contribution in [1.82, 2.24) is 29.6 Å². The standard InChI is InChI=1S/C15H24N8O/c1-4-23-8-11(7-17-23)12-9-22(5-6-24-12)10-13-18-14(16)20-15(19-13)21(2)3/h7-8,12H,4-6,9-10H2,1-3H3,(H2,16,18,19,20). The van der Waals surface area contributed by atoms with Crippen LogP contribution >= 0.6 is 0 Å². The maximum atomic E-state index is 5.89. The lowest BCUT2D eigenvalue weighted by atomic mass is 10.1. The molecule has 3 rings (SSSR count). The molecule has 2 aromatic heterocycles. The molecule has 9 heteroatoms. The molecular weight excluding hydrogens is 308 g/mol. The maximum absolute atomic E-state index is 5.89. The summed E-state index contributed by atoms with van der Waals surface area (Å²) >= 11 is 0. The Hall–Kier alpha value is -2.26. The van der Waals surface area contributed by atoms with Crippen LogP contribution in [-0.2, 0) is 17.8 Å². The third kappa shape index (κ3) is 3.80. The van der Waals surface area contributed by atoms with Crippen molar-refractivity contribution < 1.29 is 4.74 Å². The molecule has 0 spiro atoms. The van der Waals surface area contributed by atoms with Gasteiger partial charge in [-0.1, -0.05) is 0 Å². The number of nitrogen functional groups attached to an aromatic ring is 1. The molecule has 0 amide bonds. The van der Waals surface area contributed by atoms with E-state index in [4.69, 9.17) is 10.5 Å². The summed E-state index contributed by atoms with van der Waals surface area (Å²) in [6, 6.07) is 0. The number of nitrogens with two attached hydrogens (primary N) is 1. The van der Waals surface area contributed by atoms with Crippen molar-refractivity contribution in [3.8, 4) is 0 Å². The Morgan fingerprint density at radius 3 is 2.88 bits per heavy atom. The van der Waals surface area contributed by atoms with Crippen LogP contribution in [0.2, 0.25) is 0 Å². The summed E-state index contributed by atoms with van der Waals surface area (Å²) in [6.45, 7) is 5.82. The molecule has 24 heavy (non-hydrogen) atoms. The first-order valence-corrected chi connectivity index (χ1v) is 8.09. The highest BCUT2D eigenvalue weighted by atomic mass is 16.5. The molecule has 0 aromatic carbocycles. The Balaban J connectivity index is 1.69. The van der Waals surface area contributed by atoms with Gasteiger partial charge in [0.2, 0.25) is 11.9 Å². The van der Waals surface area contributed by atoms with Crippen LogP contribution < -0.4 is 10.6 Å². The number of ether oxygens (including phenoxy) is 1. The van der Waals surface area contributed by atoms with Gasteiger partial charge in [0.15, 0.2) is 0 Å². The molecule has 9 nitrogen and oxygen atoms in total. The fraction of sp³-hybridized carbons (Fsp3) is 0.600. The van der Waals surface area contributed by atoms with Gasteiger partial charge >= 0.3 is 0 Å². The first-order chi connectivity index (χ1) is 11.5. The molecule has 0 bridgehead atoms. The van der Waals surface area contributed by atoms with Crippen molar-refractivity contribution in [2.75, 3.05) is 44.4 Å². The molecule has 1 fully saturated rings. The van der Waals surface area contributed by atoms with Gasteiger partial charge in [0.1, 0.15) is 5.82 Å².